The fourth-order valence-electron chi connectivity index (χ4n) is 2.19. The van der Waals surface area contributed by atoms with Gasteiger partial charge in [0.2, 0.25) is 5.88 Å². The van der Waals surface area contributed by atoms with Crippen molar-refractivity contribution in [2.24, 2.45) is 0 Å². The maximum absolute atomic E-state index is 9.62. The zero-order valence-electron chi connectivity index (χ0n) is 8.89. The SMILES string of the molecule is COc1nccnc1C1CCCC(O)C1. The lowest BCUT2D eigenvalue weighted by atomic mass is 9.85. The number of aliphatic hydroxyl groups excluding tert-OH is 1. The third-order valence-corrected chi connectivity index (χ3v) is 2.92. The number of methoxy groups -OCH3 is 1. The number of rotatable bonds is 2. The Bertz CT molecular complexity index is 330. The molecule has 2 atom stereocenters. The Labute approximate surface area is 89.3 Å². The lowest BCUT2D eigenvalue weighted by Gasteiger charge is -2.25. The van der Waals surface area contributed by atoms with E-state index in [4.69, 9.17) is 4.74 Å². The molecule has 1 aromatic heterocycles. The van der Waals surface area contributed by atoms with Gasteiger partial charge < -0.3 is 9.84 Å². The zero-order valence-corrected chi connectivity index (χ0v) is 8.89. The molecule has 0 radical (unpaired) electrons. The van der Waals surface area contributed by atoms with Crippen LogP contribution in [0.15, 0.2) is 12.4 Å². The zero-order chi connectivity index (χ0) is 10.7. The molecule has 1 aromatic rings. The average Bonchev–Trinajstić information content (AvgIpc) is 2.29. The van der Waals surface area contributed by atoms with Crippen molar-refractivity contribution in [2.75, 3.05) is 7.11 Å². The molecule has 4 nitrogen and oxygen atoms in total. The minimum absolute atomic E-state index is 0.199. The summed E-state index contributed by atoms with van der Waals surface area (Å²) < 4.78 is 5.18. The van der Waals surface area contributed by atoms with Crippen LogP contribution in [0.5, 0.6) is 5.88 Å². The Morgan fingerprint density at radius 3 is 2.87 bits per heavy atom. The molecule has 1 heterocycles. The van der Waals surface area contributed by atoms with E-state index in [0.717, 1.165) is 31.4 Å². The molecular formula is C11H16N2O2. The molecule has 0 saturated heterocycles. The first kappa shape index (κ1) is 10.4. The van der Waals surface area contributed by atoms with Gasteiger partial charge in [0.25, 0.3) is 0 Å². The number of hydrogen-bond acceptors (Lipinski definition) is 4. The number of ether oxygens (including phenoxy) is 1. The van der Waals surface area contributed by atoms with Crippen LogP contribution in [0.25, 0.3) is 0 Å². The summed E-state index contributed by atoms with van der Waals surface area (Å²) in [5, 5.41) is 9.62. The van der Waals surface area contributed by atoms with Crippen LogP contribution in [0, 0.1) is 0 Å². The Morgan fingerprint density at radius 1 is 1.33 bits per heavy atom. The van der Waals surface area contributed by atoms with Gasteiger partial charge in [-0.2, -0.15) is 0 Å². The first-order chi connectivity index (χ1) is 7.31. The number of aromatic nitrogens is 2. The van der Waals surface area contributed by atoms with E-state index < -0.39 is 0 Å². The molecule has 1 fully saturated rings. The topological polar surface area (TPSA) is 55.2 Å². The molecule has 15 heavy (non-hydrogen) atoms. The normalized spacial score (nSPS) is 26.3. The van der Waals surface area contributed by atoms with Gasteiger partial charge in [0.15, 0.2) is 0 Å². The molecule has 0 spiro atoms. The lowest BCUT2D eigenvalue weighted by molar-refractivity contribution is 0.118. The van der Waals surface area contributed by atoms with Crippen molar-refractivity contribution in [3.05, 3.63) is 18.1 Å². The second kappa shape index (κ2) is 4.57. The van der Waals surface area contributed by atoms with Crippen LogP contribution >= 0.6 is 0 Å². The van der Waals surface area contributed by atoms with E-state index in [9.17, 15) is 5.11 Å². The highest BCUT2D eigenvalue weighted by atomic mass is 16.5. The predicted molar refractivity (Wildman–Crippen MR) is 55.8 cm³/mol. The lowest BCUT2D eigenvalue weighted by Crippen LogP contribution is -2.19. The third-order valence-electron chi connectivity index (χ3n) is 2.92. The summed E-state index contributed by atoms with van der Waals surface area (Å²) in [5.41, 5.74) is 0.888. The van der Waals surface area contributed by atoms with E-state index in [0.29, 0.717) is 5.88 Å². The van der Waals surface area contributed by atoms with Crippen LogP contribution in [0.3, 0.4) is 0 Å². The first-order valence-electron chi connectivity index (χ1n) is 5.34. The third kappa shape index (κ3) is 2.26. The molecule has 82 valence electrons. The van der Waals surface area contributed by atoms with Gasteiger partial charge in [0, 0.05) is 18.3 Å². The number of nitrogens with zero attached hydrogens (tertiary/aromatic N) is 2. The smallest absolute Gasteiger partial charge is 0.235 e. The molecule has 1 N–H and O–H groups in total. The van der Waals surface area contributed by atoms with Gasteiger partial charge in [0.05, 0.1) is 13.2 Å². The van der Waals surface area contributed by atoms with E-state index in [-0.39, 0.29) is 12.0 Å². The van der Waals surface area contributed by atoms with Gasteiger partial charge in [-0.15, -0.1) is 0 Å². The summed E-state index contributed by atoms with van der Waals surface area (Å²) in [5.74, 6) is 0.883. The second-order valence-corrected chi connectivity index (χ2v) is 3.97. The first-order valence-corrected chi connectivity index (χ1v) is 5.34. The van der Waals surface area contributed by atoms with E-state index in [1.807, 2.05) is 0 Å². The Hall–Kier alpha value is -1.16. The van der Waals surface area contributed by atoms with E-state index in [2.05, 4.69) is 9.97 Å². The maximum Gasteiger partial charge on any atom is 0.235 e. The Balaban J connectivity index is 2.20. The summed E-state index contributed by atoms with van der Waals surface area (Å²) in [6, 6.07) is 0. The van der Waals surface area contributed by atoms with E-state index in [1.54, 1.807) is 19.5 Å². The Morgan fingerprint density at radius 2 is 2.13 bits per heavy atom. The van der Waals surface area contributed by atoms with Crippen molar-refractivity contribution >= 4 is 0 Å². The molecule has 1 aliphatic rings. The van der Waals surface area contributed by atoms with E-state index >= 15 is 0 Å². The average molecular weight is 208 g/mol. The van der Waals surface area contributed by atoms with Crippen molar-refractivity contribution < 1.29 is 9.84 Å². The molecule has 2 unspecified atom stereocenters. The quantitative estimate of drug-likeness (QED) is 0.800. The van der Waals surface area contributed by atoms with Crippen LogP contribution < -0.4 is 4.74 Å². The van der Waals surface area contributed by atoms with Crippen molar-refractivity contribution in [2.45, 2.75) is 37.7 Å². The molecule has 2 rings (SSSR count). The van der Waals surface area contributed by atoms with Crippen molar-refractivity contribution in [1.82, 2.24) is 9.97 Å². The number of hydrogen-bond donors (Lipinski definition) is 1. The van der Waals surface area contributed by atoms with Crippen LogP contribution in [0.2, 0.25) is 0 Å². The van der Waals surface area contributed by atoms with Crippen molar-refractivity contribution in [3.63, 3.8) is 0 Å². The highest BCUT2D eigenvalue weighted by Gasteiger charge is 2.25. The summed E-state index contributed by atoms with van der Waals surface area (Å²) >= 11 is 0. The minimum Gasteiger partial charge on any atom is -0.480 e. The molecule has 0 aliphatic heterocycles. The fourth-order valence-corrected chi connectivity index (χ4v) is 2.19. The van der Waals surface area contributed by atoms with Crippen LogP contribution in [-0.4, -0.2) is 28.3 Å². The molecule has 0 amide bonds. The van der Waals surface area contributed by atoms with Crippen molar-refractivity contribution in [1.29, 1.82) is 0 Å². The number of aliphatic hydroxyl groups is 1. The molecule has 1 saturated carbocycles. The van der Waals surface area contributed by atoms with Gasteiger partial charge in [-0.1, -0.05) is 6.42 Å². The van der Waals surface area contributed by atoms with Gasteiger partial charge >= 0.3 is 0 Å². The maximum atomic E-state index is 9.62. The van der Waals surface area contributed by atoms with Crippen LogP contribution in [-0.2, 0) is 0 Å². The van der Waals surface area contributed by atoms with Gasteiger partial charge in [0.1, 0.15) is 5.69 Å². The summed E-state index contributed by atoms with van der Waals surface area (Å²) in [4.78, 5) is 8.44. The summed E-state index contributed by atoms with van der Waals surface area (Å²) in [6.07, 6.45) is 6.89. The highest BCUT2D eigenvalue weighted by molar-refractivity contribution is 5.22. The van der Waals surface area contributed by atoms with Gasteiger partial charge in [-0.25, -0.2) is 4.98 Å². The molecule has 0 aromatic carbocycles. The van der Waals surface area contributed by atoms with Crippen molar-refractivity contribution in [3.8, 4) is 5.88 Å². The molecular weight excluding hydrogens is 192 g/mol. The van der Waals surface area contributed by atoms with Gasteiger partial charge in [-0.3, -0.25) is 4.98 Å². The van der Waals surface area contributed by atoms with Crippen LogP contribution in [0.4, 0.5) is 0 Å². The van der Waals surface area contributed by atoms with Gasteiger partial charge in [-0.05, 0) is 19.3 Å². The monoisotopic (exact) mass is 208 g/mol. The molecule has 1 aliphatic carbocycles. The van der Waals surface area contributed by atoms with Crippen LogP contribution in [0.1, 0.15) is 37.3 Å². The predicted octanol–water partition coefficient (Wildman–Crippen LogP) is 1.50. The fraction of sp³-hybridized carbons (Fsp3) is 0.636. The largest absolute Gasteiger partial charge is 0.480 e. The molecule has 0 bridgehead atoms. The summed E-state index contributed by atoms with van der Waals surface area (Å²) in [7, 11) is 1.60. The van der Waals surface area contributed by atoms with E-state index in [1.165, 1.54) is 0 Å². The second-order valence-electron chi connectivity index (χ2n) is 3.97. The summed E-state index contributed by atoms with van der Waals surface area (Å²) in [6.45, 7) is 0. The highest BCUT2D eigenvalue weighted by Crippen LogP contribution is 2.34. The standard InChI is InChI=1S/C11H16N2O2/c1-15-11-10(12-5-6-13-11)8-3-2-4-9(14)7-8/h5-6,8-9,14H,2-4,7H2,1H3. The molecule has 4 heteroatoms. The minimum atomic E-state index is -0.199. The Kier molecular flexibility index (Phi) is 3.16.